The highest BCUT2D eigenvalue weighted by molar-refractivity contribution is 5.13. The number of hydrogen-bond acceptors (Lipinski definition) is 4. The van der Waals surface area contributed by atoms with Gasteiger partial charge in [-0.25, -0.2) is 0 Å². The molecule has 0 saturated carbocycles. The maximum atomic E-state index is 9.87. The number of ether oxygens (including phenoxy) is 1. The van der Waals surface area contributed by atoms with Crippen LogP contribution in [0.2, 0.25) is 0 Å². The average Bonchev–Trinajstić information content (AvgIpc) is 2.46. The fraction of sp³-hybridized carbons (Fsp3) is 0.647. The molecule has 0 bridgehead atoms. The summed E-state index contributed by atoms with van der Waals surface area (Å²) in [6, 6.07) is 9.94. The summed E-state index contributed by atoms with van der Waals surface area (Å²) in [6.07, 6.45) is 1.29. The van der Waals surface area contributed by atoms with E-state index in [1.807, 2.05) is 30.3 Å². The van der Waals surface area contributed by atoms with E-state index < -0.39 is 6.10 Å². The minimum absolute atomic E-state index is 0.132. The van der Waals surface area contributed by atoms with Gasteiger partial charge in [-0.15, -0.1) is 0 Å². The number of nitrogens with one attached hydrogen (secondary N) is 1. The van der Waals surface area contributed by atoms with Gasteiger partial charge in [0.25, 0.3) is 0 Å². The number of rotatable bonds is 11. The highest BCUT2D eigenvalue weighted by atomic mass is 16.5. The van der Waals surface area contributed by atoms with E-state index in [1.54, 1.807) is 0 Å². The molecule has 0 aliphatic carbocycles. The van der Waals surface area contributed by atoms with Crippen LogP contribution in [0.15, 0.2) is 30.3 Å². The van der Waals surface area contributed by atoms with Crippen molar-refractivity contribution in [2.24, 2.45) is 5.41 Å². The Kier molecular flexibility index (Phi) is 8.54. The average molecular weight is 295 g/mol. The summed E-state index contributed by atoms with van der Waals surface area (Å²) in [6.45, 7) is 6.76. The third-order valence-corrected chi connectivity index (χ3v) is 3.42. The van der Waals surface area contributed by atoms with Crippen molar-refractivity contribution < 1.29 is 14.9 Å². The molecule has 0 spiro atoms. The first-order valence-electron chi connectivity index (χ1n) is 7.65. The molecular formula is C17H29NO3. The van der Waals surface area contributed by atoms with E-state index in [9.17, 15) is 5.11 Å². The van der Waals surface area contributed by atoms with Crippen molar-refractivity contribution in [2.45, 2.75) is 39.4 Å². The lowest BCUT2D eigenvalue weighted by Gasteiger charge is -2.25. The molecular weight excluding hydrogens is 266 g/mol. The van der Waals surface area contributed by atoms with Crippen LogP contribution in [0.4, 0.5) is 0 Å². The minimum Gasteiger partial charge on any atom is -0.396 e. The van der Waals surface area contributed by atoms with Gasteiger partial charge in [0.2, 0.25) is 0 Å². The SMILES string of the molecule is CC(C)(CCCO)CNCC(O)COCc1ccccc1. The molecule has 0 radical (unpaired) electrons. The predicted molar refractivity (Wildman–Crippen MR) is 85.1 cm³/mol. The van der Waals surface area contributed by atoms with Crippen molar-refractivity contribution in [2.75, 3.05) is 26.3 Å². The smallest absolute Gasteiger partial charge is 0.0897 e. The van der Waals surface area contributed by atoms with Gasteiger partial charge in [-0.05, 0) is 23.8 Å². The summed E-state index contributed by atoms with van der Waals surface area (Å²) in [5, 5.41) is 22.0. The summed E-state index contributed by atoms with van der Waals surface area (Å²) in [7, 11) is 0. The van der Waals surface area contributed by atoms with Crippen LogP contribution >= 0.6 is 0 Å². The Morgan fingerprint density at radius 3 is 2.62 bits per heavy atom. The van der Waals surface area contributed by atoms with Gasteiger partial charge in [0.1, 0.15) is 0 Å². The summed E-state index contributed by atoms with van der Waals surface area (Å²) in [5.41, 5.74) is 1.25. The second kappa shape index (κ2) is 9.90. The molecule has 0 aliphatic heterocycles. The monoisotopic (exact) mass is 295 g/mol. The van der Waals surface area contributed by atoms with Crippen LogP contribution in [0, 0.1) is 5.41 Å². The van der Waals surface area contributed by atoms with E-state index in [2.05, 4.69) is 19.2 Å². The van der Waals surface area contributed by atoms with E-state index in [-0.39, 0.29) is 12.0 Å². The van der Waals surface area contributed by atoms with Crippen molar-refractivity contribution in [3.05, 3.63) is 35.9 Å². The van der Waals surface area contributed by atoms with Crippen molar-refractivity contribution in [1.29, 1.82) is 0 Å². The van der Waals surface area contributed by atoms with Gasteiger partial charge in [0.05, 0.1) is 19.3 Å². The first-order valence-corrected chi connectivity index (χ1v) is 7.65. The molecule has 0 aromatic heterocycles. The Morgan fingerprint density at radius 1 is 1.24 bits per heavy atom. The van der Waals surface area contributed by atoms with E-state index in [4.69, 9.17) is 9.84 Å². The standard InChI is InChI=1S/C17H29NO3/c1-17(2,9-6-10-19)14-18-11-16(20)13-21-12-15-7-4-3-5-8-15/h3-5,7-8,16,18-20H,6,9-14H2,1-2H3. The molecule has 4 heteroatoms. The number of hydrogen-bond donors (Lipinski definition) is 3. The quantitative estimate of drug-likeness (QED) is 0.584. The lowest BCUT2D eigenvalue weighted by Crippen LogP contribution is -2.36. The Hall–Kier alpha value is -0.940. The molecule has 1 rings (SSSR count). The molecule has 0 saturated heterocycles. The highest BCUT2D eigenvalue weighted by Crippen LogP contribution is 2.20. The Morgan fingerprint density at radius 2 is 1.95 bits per heavy atom. The zero-order valence-electron chi connectivity index (χ0n) is 13.2. The Balaban J connectivity index is 2.09. The molecule has 1 aromatic carbocycles. The molecule has 1 atom stereocenters. The lowest BCUT2D eigenvalue weighted by molar-refractivity contribution is 0.0277. The van der Waals surface area contributed by atoms with E-state index in [0.717, 1.165) is 24.9 Å². The van der Waals surface area contributed by atoms with Crippen LogP contribution < -0.4 is 5.32 Å². The molecule has 0 aliphatic rings. The van der Waals surface area contributed by atoms with Crippen LogP contribution in [-0.4, -0.2) is 42.6 Å². The maximum absolute atomic E-state index is 9.87. The summed E-state index contributed by atoms with van der Waals surface area (Å²) in [4.78, 5) is 0. The van der Waals surface area contributed by atoms with Gasteiger partial charge in [-0.3, -0.25) is 0 Å². The summed E-state index contributed by atoms with van der Waals surface area (Å²) < 4.78 is 5.51. The molecule has 3 N–H and O–H groups in total. The van der Waals surface area contributed by atoms with Gasteiger partial charge < -0.3 is 20.3 Å². The summed E-state index contributed by atoms with van der Waals surface area (Å²) >= 11 is 0. The molecule has 21 heavy (non-hydrogen) atoms. The van der Waals surface area contributed by atoms with Crippen LogP contribution in [0.1, 0.15) is 32.3 Å². The second-order valence-electron chi connectivity index (χ2n) is 6.28. The molecule has 0 fully saturated rings. The van der Waals surface area contributed by atoms with E-state index in [0.29, 0.717) is 19.8 Å². The van der Waals surface area contributed by atoms with Gasteiger partial charge in [0, 0.05) is 19.7 Å². The topological polar surface area (TPSA) is 61.7 Å². The zero-order chi connectivity index (χ0) is 15.6. The largest absolute Gasteiger partial charge is 0.396 e. The van der Waals surface area contributed by atoms with Gasteiger partial charge in [-0.1, -0.05) is 44.2 Å². The van der Waals surface area contributed by atoms with Crippen molar-refractivity contribution >= 4 is 0 Å². The van der Waals surface area contributed by atoms with Crippen molar-refractivity contribution in [3.63, 3.8) is 0 Å². The molecule has 0 heterocycles. The van der Waals surface area contributed by atoms with Crippen LogP contribution in [0.5, 0.6) is 0 Å². The maximum Gasteiger partial charge on any atom is 0.0897 e. The third kappa shape index (κ3) is 8.83. The fourth-order valence-electron chi connectivity index (χ4n) is 2.17. The Bertz CT molecular complexity index is 368. The fourth-order valence-corrected chi connectivity index (χ4v) is 2.17. The zero-order valence-corrected chi connectivity index (χ0v) is 13.2. The first-order chi connectivity index (χ1) is 10.0. The second-order valence-corrected chi connectivity index (χ2v) is 6.28. The number of aliphatic hydroxyl groups is 2. The van der Waals surface area contributed by atoms with Crippen LogP contribution in [0.3, 0.4) is 0 Å². The Labute approximate surface area is 128 Å². The van der Waals surface area contributed by atoms with E-state index >= 15 is 0 Å². The summed E-state index contributed by atoms with van der Waals surface area (Å²) in [5.74, 6) is 0. The van der Waals surface area contributed by atoms with E-state index in [1.165, 1.54) is 0 Å². The van der Waals surface area contributed by atoms with Crippen LogP contribution in [0.25, 0.3) is 0 Å². The third-order valence-electron chi connectivity index (χ3n) is 3.42. The van der Waals surface area contributed by atoms with Gasteiger partial charge >= 0.3 is 0 Å². The normalized spacial score (nSPS) is 13.3. The first kappa shape index (κ1) is 18.1. The van der Waals surface area contributed by atoms with Crippen LogP contribution in [-0.2, 0) is 11.3 Å². The highest BCUT2D eigenvalue weighted by Gasteiger charge is 2.17. The molecule has 1 aromatic rings. The lowest BCUT2D eigenvalue weighted by atomic mass is 9.88. The number of benzene rings is 1. The predicted octanol–water partition coefficient (Wildman–Crippen LogP) is 1.95. The molecule has 1 unspecified atom stereocenters. The molecule has 4 nitrogen and oxygen atoms in total. The van der Waals surface area contributed by atoms with Gasteiger partial charge in [-0.2, -0.15) is 0 Å². The molecule has 120 valence electrons. The van der Waals surface area contributed by atoms with Crippen molar-refractivity contribution in [3.8, 4) is 0 Å². The number of aliphatic hydroxyl groups excluding tert-OH is 2. The minimum atomic E-state index is -0.498. The molecule has 0 amide bonds. The van der Waals surface area contributed by atoms with Gasteiger partial charge in [0.15, 0.2) is 0 Å². The van der Waals surface area contributed by atoms with Crippen molar-refractivity contribution in [1.82, 2.24) is 5.32 Å².